The minimum atomic E-state index is -1.96. The van der Waals surface area contributed by atoms with Gasteiger partial charge < -0.3 is 25.2 Å². The molecule has 2 saturated carbocycles. The SMILES string of the molecule is CC[C@H](COC(=O)C/C(C)=C\C(=O)O)[C@@H]1[C@](C)(C(=O)/C=C/O)[C@H]2[C@H](C)C[C@@](C)(O)C[C@@H]2C(=O)[C@@]1(C)O. The van der Waals surface area contributed by atoms with Crippen LogP contribution in [0, 0.1) is 35.0 Å². The van der Waals surface area contributed by atoms with E-state index in [4.69, 9.17) is 9.84 Å². The summed E-state index contributed by atoms with van der Waals surface area (Å²) in [5, 5.41) is 40.8. The maximum Gasteiger partial charge on any atom is 0.328 e. The lowest BCUT2D eigenvalue weighted by Crippen LogP contribution is -2.69. The number of carbonyl (C=O) groups excluding carboxylic acids is 3. The first-order chi connectivity index (χ1) is 16.5. The molecule has 9 nitrogen and oxygen atoms in total. The Balaban J connectivity index is 2.51. The van der Waals surface area contributed by atoms with E-state index < -0.39 is 63.8 Å². The first kappa shape index (κ1) is 29.7. The molecule has 0 saturated heterocycles. The molecule has 202 valence electrons. The van der Waals surface area contributed by atoms with Crippen molar-refractivity contribution in [2.24, 2.45) is 35.0 Å². The van der Waals surface area contributed by atoms with Crippen LogP contribution in [0.1, 0.15) is 67.2 Å². The van der Waals surface area contributed by atoms with Crippen molar-refractivity contribution in [1.82, 2.24) is 0 Å². The van der Waals surface area contributed by atoms with E-state index in [0.29, 0.717) is 24.7 Å². The summed E-state index contributed by atoms with van der Waals surface area (Å²) in [5.41, 5.74) is -4.09. The normalized spacial score (nSPS) is 37.9. The number of aliphatic hydroxyl groups excluding tert-OH is 1. The molecule has 0 bridgehead atoms. The number of hydrogen-bond acceptors (Lipinski definition) is 8. The highest BCUT2D eigenvalue weighted by molar-refractivity contribution is 6.00. The molecule has 2 aliphatic rings. The summed E-state index contributed by atoms with van der Waals surface area (Å²) < 4.78 is 5.44. The molecule has 0 aromatic rings. The highest BCUT2D eigenvalue weighted by atomic mass is 16.5. The second-order valence-corrected chi connectivity index (χ2v) is 11.3. The number of carboxylic acids is 1. The minimum Gasteiger partial charge on any atom is -0.515 e. The Morgan fingerprint density at radius 1 is 1.17 bits per heavy atom. The van der Waals surface area contributed by atoms with E-state index in [9.17, 15) is 34.5 Å². The van der Waals surface area contributed by atoms with Crippen LogP contribution in [-0.2, 0) is 23.9 Å². The molecule has 0 aliphatic heterocycles. The zero-order chi connectivity index (χ0) is 27.6. The van der Waals surface area contributed by atoms with Crippen molar-refractivity contribution >= 4 is 23.5 Å². The van der Waals surface area contributed by atoms with Crippen molar-refractivity contribution in [3.63, 3.8) is 0 Å². The standard InChI is InChI=1S/C27H40O9/c1-7-17(14-36-21(32)11-15(2)10-20(30)31)23-26(5,19(29)8-9-28)22-16(3)12-25(4,34)13-18(22)24(33)27(23,6)35/h8-10,16-18,22-23,28,34-35H,7,11-14H2,1-6H3,(H,30,31)/b9-8+,15-10-/t16-,17-,18+,22+,23-,25-,26-,27+/m1/s1. The highest BCUT2D eigenvalue weighted by Gasteiger charge is 2.68. The van der Waals surface area contributed by atoms with Crippen LogP contribution >= 0.6 is 0 Å². The molecule has 0 spiro atoms. The van der Waals surface area contributed by atoms with Gasteiger partial charge in [0.2, 0.25) is 0 Å². The molecule has 4 N–H and O–H groups in total. The molecular formula is C27H40O9. The van der Waals surface area contributed by atoms with Gasteiger partial charge in [-0.25, -0.2) is 4.79 Å². The van der Waals surface area contributed by atoms with Gasteiger partial charge in [-0.3, -0.25) is 14.4 Å². The molecule has 36 heavy (non-hydrogen) atoms. The number of Topliss-reactive ketones (excluding diaryl/α,β-unsaturated/α-hetero) is 1. The molecule has 2 rings (SSSR count). The average molecular weight is 509 g/mol. The molecule has 2 fully saturated rings. The van der Waals surface area contributed by atoms with Crippen molar-refractivity contribution < 1.29 is 44.3 Å². The quantitative estimate of drug-likeness (QED) is 0.209. The number of carbonyl (C=O) groups is 4. The van der Waals surface area contributed by atoms with E-state index in [0.717, 1.165) is 12.2 Å². The van der Waals surface area contributed by atoms with E-state index >= 15 is 0 Å². The Morgan fingerprint density at radius 3 is 2.31 bits per heavy atom. The van der Waals surface area contributed by atoms with Gasteiger partial charge >= 0.3 is 11.9 Å². The van der Waals surface area contributed by atoms with E-state index in [1.165, 1.54) is 13.8 Å². The van der Waals surface area contributed by atoms with Gasteiger partial charge in [0, 0.05) is 29.4 Å². The van der Waals surface area contributed by atoms with E-state index in [1.807, 2.05) is 13.8 Å². The summed E-state index contributed by atoms with van der Waals surface area (Å²) >= 11 is 0. The van der Waals surface area contributed by atoms with Crippen LogP contribution in [0.3, 0.4) is 0 Å². The van der Waals surface area contributed by atoms with Gasteiger partial charge in [0.15, 0.2) is 11.6 Å². The van der Waals surface area contributed by atoms with Gasteiger partial charge in [-0.15, -0.1) is 0 Å². The lowest BCUT2D eigenvalue weighted by molar-refractivity contribution is -0.206. The highest BCUT2D eigenvalue weighted by Crippen LogP contribution is 2.61. The number of allylic oxidation sites excluding steroid dienone is 1. The smallest absolute Gasteiger partial charge is 0.328 e. The number of rotatable bonds is 9. The number of hydrogen-bond donors (Lipinski definition) is 4. The zero-order valence-corrected chi connectivity index (χ0v) is 22.0. The second-order valence-electron chi connectivity index (χ2n) is 11.3. The number of ether oxygens (including phenoxy) is 1. The summed E-state index contributed by atoms with van der Waals surface area (Å²) in [7, 11) is 0. The maximum atomic E-state index is 13.7. The molecule has 0 heterocycles. The molecule has 0 aromatic carbocycles. The molecule has 0 unspecified atom stereocenters. The topological polar surface area (TPSA) is 158 Å². The molecular weight excluding hydrogens is 468 g/mol. The fourth-order valence-corrected chi connectivity index (χ4v) is 7.19. The van der Waals surface area contributed by atoms with Gasteiger partial charge in [0.05, 0.1) is 24.9 Å². The Kier molecular flexibility index (Phi) is 8.95. The van der Waals surface area contributed by atoms with Gasteiger partial charge in [-0.2, -0.15) is 0 Å². The number of aliphatic carboxylic acids is 1. The number of ketones is 2. The molecule has 0 radical (unpaired) electrons. The average Bonchev–Trinajstić information content (AvgIpc) is 2.72. The lowest BCUT2D eigenvalue weighted by atomic mass is 9.42. The van der Waals surface area contributed by atoms with E-state index in [1.54, 1.807) is 13.8 Å². The first-order valence-electron chi connectivity index (χ1n) is 12.4. The summed E-state index contributed by atoms with van der Waals surface area (Å²) in [5.74, 6) is -5.78. The molecule has 0 aromatic heterocycles. The summed E-state index contributed by atoms with van der Waals surface area (Å²) in [4.78, 5) is 50.5. The van der Waals surface area contributed by atoms with Crippen molar-refractivity contribution in [1.29, 1.82) is 0 Å². The van der Waals surface area contributed by atoms with Crippen LogP contribution in [0.2, 0.25) is 0 Å². The Hall–Kier alpha value is -2.52. The van der Waals surface area contributed by atoms with Crippen molar-refractivity contribution in [2.75, 3.05) is 6.61 Å². The van der Waals surface area contributed by atoms with Crippen molar-refractivity contribution in [3.8, 4) is 0 Å². The number of carboxylic acid groups (broad SMARTS) is 1. The van der Waals surface area contributed by atoms with Gasteiger partial charge in [0.1, 0.15) is 5.60 Å². The summed E-state index contributed by atoms with van der Waals surface area (Å²) in [6, 6.07) is 0. The molecule has 0 amide bonds. The van der Waals surface area contributed by atoms with Crippen molar-refractivity contribution in [3.05, 3.63) is 24.0 Å². The second kappa shape index (κ2) is 10.8. The predicted molar refractivity (Wildman–Crippen MR) is 131 cm³/mol. The maximum absolute atomic E-state index is 13.7. The van der Waals surface area contributed by atoms with E-state index in [2.05, 4.69) is 0 Å². The van der Waals surface area contributed by atoms with Gasteiger partial charge in [0.25, 0.3) is 0 Å². The Labute approximate surface area is 212 Å². The fourth-order valence-electron chi connectivity index (χ4n) is 7.19. The number of esters is 1. The van der Waals surface area contributed by atoms with Crippen LogP contribution < -0.4 is 0 Å². The largest absolute Gasteiger partial charge is 0.515 e. The van der Waals surface area contributed by atoms with E-state index in [-0.39, 0.29) is 25.4 Å². The van der Waals surface area contributed by atoms with Gasteiger partial charge in [-0.1, -0.05) is 26.3 Å². The van der Waals surface area contributed by atoms with Crippen LogP contribution in [0.4, 0.5) is 0 Å². The summed E-state index contributed by atoms with van der Waals surface area (Å²) in [6.07, 6.45) is 3.21. The number of aliphatic hydroxyl groups is 3. The lowest BCUT2D eigenvalue weighted by Gasteiger charge is -2.61. The minimum absolute atomic E-state index is 0.108. The van der Waals surface area contributed by atoms with Crippen LogP contribution in [-0.4, -0.2) is 61.7 Å². The molecule has 8 atom stereocenters. The fraction of sp³-hybridized carbons (Fsp3) is 0.704. The van der Waals surface area contributed by atoms with Crippen molar-refractivity contribution in [2.45, 2.75) is 78.4 Å². The third kappa shape index (κ3) is 5.72. The Bertz CT molecular complexity index is 945. The summed E-state index contributed by atoms with van der Waals surface area (Å²) in [6.45, 7) is 9.72. The van der Waals surface area contributed by atoms with Crippen LogP contribution in [0.25, 0.3) is 0 Å². The molecule has 2 aliphatic carbocycles. The monoisotopic (exact) mass is 508 g/mol. The first-order valence-corrected chi connectivity index (χ1v) is 12.4. The number of fused-ring (bicyclic) bond motifs is 1. The zero-order valence-electron chi connectivity index (χ0n) is 22.0. The third-order valence-electron chi connectivity index (χ3n) is 8.25. The van der Waals surface area contributed by atoms with Crippen LogP contribution in [0.15, 0.2) is 24.0 Å². The predicted octanol–water partition coefficient (Wildman–Crippen LogP) is 2.99. The van der Waals surface area contributed by atoms with Gasteiger partial charge in [-0.05, 0) is 57.8 Å². The molecule has 9 heteroatoms. The third-order valence-corrected chi connectivity index (χ3v) is 8.25. The van der Waals surface area contributed by atoms with Crippen LogP contribution in [0.5, 0.6) is 0 Å². The Morgan fingerprint density at radius 2 is 1.78 bits per heavy atom.